The molecule has 0 N–H and O–H groups in total. The van der Waals surface area contributed by atoms with Crippen molar-refractivity contribution < 1.29 is 0 Å². The molecular formula is C27H30N4. The molecule has 0 saturated heterocycles. The van der Waals surface area contributed by atoms with Crippen molar-refractivity contribution in [3.8, 4) is 11.5 Å². The Balaban J connectivity index is 1.81. The minimum atomic E-state index is 0.283. The van der Waals surface area contributed by atoms with Gasteiger partial charge in [-0.15, -0.1) is 0 Å². The van der Waals surface area contributed by atoms with Crippen LogP contribution in [0.25, 0.3) is 22.6 Å². The number of rotatable bonds is 6. The van der Waals surface area contributed by atoms with E-state index in [0.717, 1.165) is 52.5 Å². The Bertz CT molecular complexity index is 1230. The zero-order valence-electron chi connectivity index (χ0n) is 19.1. The number of aliphatic imine (C=N–C) groups is 1. The van der Waals surface area contributed by atoms with E-state index in [1.54, 1.807) is 0 Å². The molecule has 4 nitrogen and oxygen atoms in total. The van der Waals surface area contributed by atoms with Crippen LogP contribution in [0.5, 0.6) is 0 Å². The van der Waals surface area contributed by atoms with Crippen molar-refractivity contribution in [3.63, 3.8) is 0 Å². The van der Waals surface area contributed by atoms with Gasteiger partial charge in [-0.1, -0.05) is 50.2 Å². The van der Waals surface area contributed by atoms with Crippen LogP contribution in [-0.4, -0.2) is 20.2 Å². The lowest BCUT2D eigenvalue weighted by Crippen LogP contribution is -2.06. The predicted molar refractivity (Wildman–Crippen MR) is 130 cm³/mol. The number of imidazole rings is 1. The second-order valence-corrected chi connectivity index (χ2v) is 8.13. The van der Waals surface area contributed by atoms with Crippen LogP contribution in [0, 0.1) is 0 Å². The number of hydrogen-bond donors (Lipinski definition) is 0. The Hall–Kier alpha value is -3.27. The maximum absolute atomic E-state index is 5.03. The summed E-state index contributed by atoms with van der Waals surface area (Å²) >= 11 is 0. The number of benzene rings is 2. The minimum absolute atomic E-state index is 0.283. The van der Waals surface area contributed by atoms with Crippen LogP contribution in [0.15, 0.2) is 65.7 Å². The lowest BCUT2D eigenvalue weighted by atomic mass is 10.0. The quantitative estimate of drug-likeness (QED) is 0.323. The average molecular weight is 411 g/mol. The van der Waals surface area contributed by atoms with E-state index in [1.807, 2.05) is 31.2 Å². The highest BCUT2D eigenvalue weighted by Gasteiger charge is 2.16. The van der Waals surface area contributed by atoms with Crippen molar-refractivity contribution in [2.24, 2.45) is 4.99 Å². The smallest absolute Gasteiger partial charge is 0.160 e. The van der Waals surface area contributed by atoms with Gasteiger partial charge >= 0.3 is 0 Å². The highest BCUT2D eigenvalue weighted by Crippen LogP contribution is 2.29. The van der Waals surface area contributed by atoms with Gasteiger partial charge in [0.2, 0.25) is 0 Å². The molecule has 0 aliphatic heterocycles. The molecule has 4 heteroatoms. The molecule has 158 valence electrons. The summed E-state index contributed by atoms with van der Waals surface area (Å²) in [6, 6.07) is 21.1. The van der Waals surface area contributed by atoms with E-state index >= 15 is 0 Å². The van der Waals surface area contributed by atoms with Gasteiger partial charge in [-0.3, -0.25) is 4.99 Å². The zero-order valence-corrected chi connectivity index (χ0v) is 19.1. The maximum atomic E-state index is 5.03. The summed E-state index contributed by atoms with van der Waals surface area (Å²) in [6.45, 7) is 10.8. The van der Waals surface area contributed by atoms with Gasteiger partial charge in [0, 0.05) is 6.04 Å². The molecule has 0 bridgehead atoms. The first kappa shape index (κ1) is 21.0. The third-order valence-electron chi connectivity index (χ3n) is 5.71. The summed E-state index contributed by atoms with van der Waals surface area (Å²) in [6.07, 6.45) is 1.93. The highest BCUT2D eigenvalue weighted by atomic mass is 15.1. The summed E-state index contributed by atoms with van der Waals surface area (Å²) in [4.78, 5) is 14.9. The molecule has 31 heavy (non-hydrogen) atoms. The predicted octanol–water partition coefficient (Wildman–Crippen LogP) is 6.94. The fourth-order valence-corrected chi connectivity index (χ4v) is 4.09. The summed E-state index contributed by atoms with van der Waals surface area (Å²) in [5.74, 6) is 0.897. The summed E-state index contributed by atoms with van der Waals surface area (Å²) < 4.78 is 2.26. The van der Waals surface area contributed by atoms with Gasteiger partial charge in [-0.05, 0) is 69.0 Å². The SMILES string of the molecule is CCc1cccc(CC)c1N=C(C)c1cccc(-c2nc3ccccc3n2C(C)C)n1. The molecule has 0 spiro atoms. The van der Waals surface area contributed by atoms with Crippen LogP contribution in [0.3, 0.4) is 0 Å². The van der Waals surface area contributed by atoms with E-state index in [-0.39, 0.29) is 6.04 Å². The largest absolute Gasteiger partial charge is 0.320 e. The van der Waals surface area contributed by atoms with Crippen molar-refractivity contribution in [3.05, 3.63) is 77.5 Å². The second kappa shape index (κ2) is 8.84. The molecule has 2 heterocycles. The Morgan fingerprint density at radius 1 is 0.871 bits per heavy atom. The molecule has 0 amide bonds. The van der Waals surface area contributed by atoms with E-state index in [0.29, 0.717) is 0 Å². The molecular weight excluding hydrogens is 380 g/mol. The normalized spacial score (nSPS) is 12.1. The fourth-order valence-electron chi connectivity index (χ4n) is 4.09. The van der Waals surface area contributed by atoms with Crippen molar-refractivity contribution in [1.82, 2.24) is 14.5 Å². The van der Waals surface area contributed by atoms with Crippen LogP contribution >= 0.6 is 0 Å². The van der Waals surface area contributed by atoms with Crippen LogP contribution in [0.2, 0.25) is 0 Å². The van der Waals surface area contributed by atoms with Gasteiger partial charge in [0.25, 0.3) is 0 Å². The third-order valence-corrected chi connectivity index (χ3v) is 5.71. The highest BCUT2D eigenvalue weighted by molar-refractivity contribution is 5.99. The number of hydrogen-bond acceptors (Lipinski definition) is 3. The fraction of sp³-hybridized carbons (Fsp3) is 0.296. The summed E-state index contributed by atoms with van der Waals surface area (Å²) in [5, 5.41) is 0. The molecule has 0 saturated carbocycles. The van der Waals surface area contributed by atoms with Gasteiger partial charge < -0.3 is 4.57 Å². The van der Waals surface area contributed by atoms with Crippen LogP contribution < -0.4 is 0 Å². The average Bonchev–Trinajstić information content (AvgIpc) is 3.19. The number of para-hydroxylation sites is 3. The minimum Gasteiger partial charge on any atom is -0.320 e. The van der Waals surface area contributed by atoms with Gasteiger partial charge in [0.15, 0.2) is 5.82 Å². The Morgan fingerprint density at radius 3 is 2.23 bits per heavy atom. The molecule has 0 atom stereocenters. The monoisotopic (exact) mass is 410 g/mol. The summed E-state index contributed by atoms with van der Waals surface area (Å²) in [5.41, 5.74) is 8.44. The van der Waals surface area contributed by atoms with Crippen molar-refractivity contribution in [2.45, 2.75) is 53.5 Å². The molecule has 0 aliphatic carbocycles. The Kier molecular flexibility index (Phi) is 5.99. The Labute approximate surface area is 184 Å². The van der Waals surface area contributed by atoms with Crippen LogP contribution in [0.4, 0.5) is 5.69 Å². The van der Waals surface area contributed by atoms with Crippen molar-refractivity contribution >= 4 is 22.4 Å². The van der Waals surface area contributed by atoms with Crippen molar-refractivity contribution in [1.29, 1.82) is 0 Å². The van der Waals surface area contributed by atoms with E-state index in [9.17, 15) is 0 Å². The standard InChI is InChI=1S/C27H30N4/c1-6-20-12-10-13-21(7-2)26(20)28-19(5)22-15-11-16-24(29-22)27-30-23-14-8-9-17-25(23)31(27)18(3)4/h8-18H,6-7H2,1-5H3. The number of pyridine rings is 1. The lowest BCUT2D eigenvalue weighted by Gasteiger charge is -2.13. The molecule has 0 unspecified atom stereocenters. The topological polar surface area (TPSA) is 43.1 Å². The van der Waals surface area contributed by atoms with E-state index in [2.05, 4.69) is 68.7 Å². The second-order valence-electron chi connectivity index (χ2n) is 8.13. The molecule has 0 radical (unpaired) electrons. The van der Waals surface area contributed by atoms with E-state index < -0.39 is 0 Å². The first-order valence-electron chi connectivity index (χ1n) is 11.1. The maximum Gasteiger partial charge on any atom is 0.160 e. The molecule has 2 aromatic heterocycles. The van der Waals surface area contributed by atoms with Gasteiger partial charge in [0.05, 0.1) is 28.1 Å². The van der Waals surface area contributed by atoms with Crippen molar-refractivity contribution in [2.75, 3.05) is 0 Å². The Morgan fingerprint density at radius 2 is 1.55 bits per heavy atom. The number of aryl methyl sites for hydroxylation is 2. The lowest BCUT2D eigenvalue weighted by molar-refractivity contribution is 0.623. The molecule has 0 aliphatic rings. The van der Waals surface area contributed by atoms with Gasteiger partial charge in [-0.25, -0.2) is 9.97 Å². The van der Waals surface area contributed by atoms with Crippen LogP contribution in [0.1, 0.15) is 57.5 Å². The number of fused-ring (bicyclic) bond motifs is 1. The molecule has 2 aromatic carbocycles. The van der Waals surface area contributed by atoms with E-state index in [1.165, 1.54) is 11.1 Å². The number of aromatic nitrogens is 3. The zero-order chi connectivity index (χ0) is 22.0. The van der Waals surface area contributed by atoms with Gasteiger partial charge in [0.1, 0.15) is 5.69 Å². The molecule has 4 aromatic rings. The first-order valence-corrected chi connectivity index (χ1v) is 11.1. The summed E-state index contributed by atoms with van der Waals surface area (Å²) in [7, 11) is 0. The third kappa shape index (κ3) is 4.02. The van der Waals surface area contributed by atoms with Crippen LogP contribution in [-0.2, 0) is 12.8 Å². The first-order chi connectivity index (χ1) is 15.0. The molecule has 0 fully saturated rings. The van der Waals surface area contributed by atoms with Gasteiger partial charge in [-0.2, -0.15) is 0 Å². The van der Waals surface area contributed by atoms with E-state index in [4.69, 9.17) is 15.0 Å². The number of nitrogens with zero attached hydrogens (tertiary/aromatic N) is 4. The molecule has 4 rings (SSSR count).